The van der Waals surface area contributed by atoms with Gasteiger partial charge in [-0.25, -0.2) is 0 Å². The van der Waals surface area contributed by atoms with E-state index in [1.807, 2.05) is 0 Å². The van der Waals surface area contributed by atoms with Crippen molar-refractivity contribution in [3.05, 3.63) is 12.7 Å². The third-order valence-electron chi connectivity index (χ3n) is 2.60. The summed E-state index contributed by atoms with van der Waals surface area (Å²) in [6, 6.07) is 0. The average Bonchev–Trinajstić information content (AvgIpc) is 2.88. The predicted molar refractivity (Wildman–Crippen MR) is 44.1 cm³/mol. The van der Waals surface area contributed by atoms with Crippen LogP contribution in [0.1, 0.15) is 6.92 Å². The molecule has 3 heteroatoms. The zero-order valence-electron chi connectivity index (χ0n) is 7.34. The second-order valence-electron chi connectivity index (χ2n) is 3.61. The maximum absolute atomic E-state index is 5.39. The Morgan fingerprint density at radius 1 is 1.50 bits per heavy atom. The first-order valence-corrected chi connectivity index (χ1v) is 4.19. The van der Waals surface area contributed by atoms with Crippen LogP contribution in [0, 0.1) is 0 Å². The minimum Gasteiger partial charge on any atom is -0.374 e. The van der Waals surface area contributed by atoms with Crippen LogP contribution >= 0.6 is 0 Å². The SMILES string of the molecule is C=CCOCC1(C2(C)CO2)CO1. The number of epoxide rings is 2. The molecule has 2 aliphatic heterocycles. The van der Waals surface area contributed by atoms with Crippen molar-refractivity contribution < 1.29 is 14.2 Å². The summed E-state index contributed by atoms with van der Waals surface area (Å²) >= 11 is 0. The van der Waals surface area contributed by atoms with Gasteiger partial charge in [0.1, 0.15) is 11.2 Å². The molecule has 0 N–H and O–H groups in total. The maximum atomic E-state index is 5.39. The van der Waals surface area contributed by atoms with E-state index in [1.165, 1.54) is 0 Å². The minimum atomic E-state index is -0.143. The molecule has 2 saturated heterocycles. The van der Waals surface area contributed by atoms with Gasteiger partial charge in [-0.3, -0.25) is 0 Å². The third-order valence-corrected chi connectivity index (χ3v) is 2.60. The van der Waals surface area contributed by atoms with Crippen LogP contribution < -0.4 is 0 Å². The maximum Gasteiger partial charge on any atom is 0.145 e. The molecule has 0 aromatic carbocycles. The summed E-state index contributed by atoms with van der Waals surface area (Å²) < 4.78 is 16.1. The Bertz CT molecular complexity index is 192. The Morgan fingerprint density at radius 2 is 2.17 bits per heavy atom. The van der Waals surface area contributed by atoms with E-state index < -0.39 is 0 Å². The first kappa shape index (κ1) is 8.23. The first-order chi connectivity index (χ1) is 5.72. The third kappa shape index (κ3) is 1.18. The summed E-state index contributed by atoms with van der Waals surface area (Å²) in [6.07, 6.45) is 1.74. The molecule has 2 unspecified atom stereocenters. The van der Waals surface area contributed by atoms with E-state index in [1.54, 1.807) is 6.08 Å². The topological polar surface area (TPSA) is 34.3 Å². The van der Waals surface area contributed by atoms with E-state index in [2.05, 4.69) is 13.5 Å². The summed E-state index contributed by atoms with van der Waals surface area (Å²) in [5, 5.41) is 0. The highest BCUT2D eigenvalue weighted by Gasteiger charge is 2.67. The van der Waals surface area contributed by atoms with E-state index in [9.17, 15) is 0 Å². The Kier molecular flexibility index (Phi) is 1.75. The van der Waals surface area contributed by atoms with Gasteiger partial charge in [0.15, 0.2) is 0 Å². The van der Waals surface area contributed by atoms with Gasteiger partial charge in [-0.2, -0.15) is 0 Å². The zero-order chi connectivity index (χ0) is 8.66. The van der Waals surface area contributed by atoms with E-state index in [-0.39, 0.29) is 11.2 Å². The fraction of sp³-hybridized carbons (Fsp3) is 0.778. The highest BCUT2D eigenvalue weighted by molar-refractivity contribution is 5.14. The predicted octanol–water partition coefficient (Wildman–Crippen LogP) is 0.747. The minimum absolute atomic E-state index is 0.0752. The number of hydrogen-bond donors (Lipinski definition) is 0. The molecular formula is C9H14O3. The van der Waals surface area contributed by atoms with Crippen molar-refractivity contribution in [1.82, 2.24) is 0 Å². The largest absolute Gasteiger partial charge is 0.374 e. The normalized spacial score (nSPS) is 44.1. The average molecular weight is 170 g/mol. The summed E-state index contributed by atoms with van der Waals surface area (Å²) in [4.78, 5) is 0. The van der Waals surface area contributed by atoms with Gasteiger partial charge in [0, 0.05) is 0 Å². The van der Waals surface area contributed by atoms with Gasteiger partial charge in [0.2, 0.25) is 0 Å². The molecule has 0 saturated carbocycles. The first-order valence-electron chi connectivity index (χ1n) is 4.19. The monoisotopic (exact) mass is 170 g/mol. The van der Waals surface area contributed by atoms with Crippen LogP contribution in [0.2, 0.25) is 0 Å². The van der Waals surface area contributed by atoms with Gasteiger partial charge in [0.05, 0.1) is 26.4 Å². The molecule has 3 nitrogen and oxygen atoms in total. The molecule has 0 aromatic heterocycles. The molecule has 0 amide bonds. The lowest BCUT2D eigenvalue weighted by molar-refractivity contribution is 0.0550. The Balaban J connectivity index is 1.82. The van der Waals surface area contributed by atoms with Crippen LogP contribution in [-0.2, 0) is 14.2 Å². The molecule has 12 heavy (non-hydrogen) atoms. The molecule has 2 atom stereocenters. The smallest absolute Gasteiger partial charge is 0.145 e. The van der Waals surface area contributed by atoms with Gasteiger partial charge in [-0.1, -0.05) is 6.08 Å². The number of ether oxygens (including phenoxy) is 3. The van der Waals surface area contributed by atoms with E-state index >= 15 is 0 Å². The van der Waals surface area contributed by atoms with Crippen molar-refractivity contribution >= 4 is 0 Å². The van der Waals surface area contributed by atoms with E-state index in [4.69, 9.17) is 14.2 Å². The summed E-state index contributed by atoms with van der Waals surface area (Å²) in [6.45, 7) is 8.41. The standard InChI is InChI=1S/C9H14O3/c1-3-4-10-6-9(7-12-9)8(2)5-11-8/h3H,1,4-7H2,2H3. The molecule has 0 aromatic rings. The molecule has 0 bridgehead atoms. The lowest BCUT2D eigenvalue weighted by Crippen LogP contribution is -2.35. The fourth-order valence-corrected chi connectivity index (χ4v) is 1.31. The molecule has 2 aliphatic rings. The van der Waals surface area contributed by atoms with Crippen molar-refractivity contribution in [1.29, 1.82) is 0 Å². The molecule has 0 aliphatic carbocycles. The number of rotatable bonds is 5. The molecular weight excluding hydrogens is 156 g/mol. The zero-order valence-corrected chi connectivity index (χ0v) is 7.34. The van der Waals surface area contributed by atoms with Gasteiger partial charge in [-0.05, 0) is 6.92 Å². The van der Waals surface area contributed by atoms with Gasteiger partial charge in [-0.15, -0.1) is 6.58 Å². The molecule has 0 radical (unpaired) electrons. The van der Waals surface area contributed by atoms with Crippen molar-refractivity contribution in [2.24, 2.45) is 0 Å². The Morgan fingerprint density at radius 3 is 2.58 bits per heavy atom. The van der Waals surface area contributed by atoms with Crippen LogP contribution in [-0.4, -0.2) is 37.6 Å². The summed E-state index contributed by atoms with van der Waals surface area (Å²) in [5.41, 5.74) is -0.218. The molecule has 2 rings (SSSR count). The molecule has 68 valence electrons. The molecule has 2 fully saturated rings. The fourth-order valence-electron chi connectivity index (χ4n) is 1.31. The Labute approximate surface area is 72.3 Å². The highest BCUT2D eigenvalue weighted by Crippen LogP contribution is 2.48. The molecule has 0 spiro atoms. The van der Waals surface area contributed by atoms with Crippen LogP contribution in [0.4, 0.5) is 0 Å². The highest BCUT2D eigenvalue weighted by atomic mass is 16.7. The van der Waals surface area contributed by atoms with Crippen LogP contribution in [0.25, 0.3) is 0 Å². The van der Waals surface area contributed by atoms with Crippen LogP contribution in [0.15, 0.2) is 12.7 Å². The van der Waals surface area contributed by atoms with Gasteiger partial charge >= 0.3 is 0 Å². The van der Waals surface area contributed by atoms with E-state index in [0.717, 1.165) is 13.2 Å². The number of hydrogen-bond acceptors (Lipinski definition) is 3. The van der Waals surface area contributed by atoms with E-state index in [0.29, 0.717) is 13.2 Å². The van der Waals surface area contributed by atoms with Crippen LogP contribution in [0.5, 0.6) is 0 Å². The molecule has 2 heterocycles. The lowest BCUT2D eigenvalue weighted by Gasteiger charge is -2.15. The van der Waals surface area contributed by atoms with Crippen molar-refractivity contribution in [2.45, 2.75) is 18.1 Å². The summed E-state index contributed by atoms with van der Waals surface area (Å²) in [7, 11) is 0. The van der Waals surface area contributed by atoms with Gasteiger partial charge in [0.25, 0.3) is 0 Å². The van der Waals surface area contributed by atoms with Gasteiger partial charge < -0.3 is 14.2 Å². The second-order valence-corrected chi connectivity index (χ2v) is 3.61. The quantitative estimate of drug-likeness (QED) is 0.347. The lowest BCUT2D eigenvalue weighted by atomic mass is 9.96. The van der Waals surface area contributed by atoms with Crippen molar-refractivity contribution in [2.75, 3.05) is 26.4 Å². The van der Waals surface area contributed by atoms with Crippen molar-refractivity contribution in [3.8, 4) is 0 Å². The summed E-state index contributed by atoms with van der Waals surface area (Å²) in [5.74, 6) is 0. The van der Waals surface area contributed by atoms with Crippen LogP contribution in [0.3, 0.4) is 0 Å². The second kappa shape index (κ2) is 2.55. The Hall–Kier alpha value is -0.380. The van der Waals surface area contributed by atoms with Crippen molar-refractivity contribution in [3.63, 3.8) is 0 Å².